The fourth-order valence-electron chi connectivity index (χ4n) is 1.46. The summed E-state index contributed by atoms with van der Waals surface area (Å²) >= 11 is 3.65. The van der Waals surface area contributed by atoms with Crippen molar-refractivity contribution in [3.05, 3.63) is 16.1 Å². The SMILES string of the molecule is CCc1cnc(CCNC(=NC)NCC(C)SC)s1.I. The lowest BCUT2D eigenvalue weighted by Crippen LogP contribution is -2.40. The molecule has 0 saturated carbocycles. The van der Waals surface area contributed by atoms with Gasteiger partial charge in [0.05, 0.1) is 5.01 Å². The molecular formula is C13H25IN4S2. The number of rotatable bonds is 7. The smallest absolute Gasteiger partial charge is 0.191 e. The number of nitrogens with one attached hydrogen (secondary N) is 2. The minimum atomic E-state index is 0. The van der Waals surface area contributed by atoms with Crippen molar-refractivity contribution in [2.24, 2.45) is 4.99 Å². The number of aromatic nitrogens is 1. The number of thiazole rings is 1. The van der Waals surface area contributed by atoms with Crippen LogP contribution in [0.3, 0.4) is 0 Å². The third kappa shape index (κ3) is 7.68. The molecule has 1 aromatic rings. The minimum absolute atomic E-state index is 0. The third-order valence-corrected chi connectivity index (χ3v) is 4.94. The van der Waals surface area contributed by atoms with Gasteiger partial charge in [-0.3, -0.25) is 4.99 Å². The molecule has 1 rings (SSSR count). The van der Waals surface area contributed by atoms with Gasteiger partial charge in [0.1, 0.15) is 0 Å². The van der Waals surface area contributed by atoms with E-state index in [4.69, 9.17) is 0 Å². The van der Waals surface area contributed by atoms with Crippen LogP contribution in [0.2, 0.25) is 0 Å². The molecule has 0 aromatic carbocycles. The average molecular weight is 428 g/mol. The Morgan fingerprint density at radius 1 is 1.50 bits per heavy atom. The Balaban J connectivity index is 0.00000361. The van der Waals surface area contributed by atoms with Gasteiger partial charge in [0, 0.05) is 42.9 Å². The van der Waals surface area contributed by atoms with Crippen molar-refractivity contribution in [1.29, 1.82) is 0 Å². The predicted molar refractivity (Wildman–Crippen MR) is 103 cm³/mol. The van der Waals surface area contributed by atoms with Gasteiger partial charge in [0.15, 0.2) is 5.96 Å². The zero-order chi connectivity index (χ0) is 14.1. The number of halogens is 1. The van der Waals surface area contributed by atoms with Crippen molar-refractivity contribution in [3.63, 3.8) is 0 Å². The van der Waals surface area contributed by atoms with Crippen molar-refractivity contribution in [2.75, 3.05) is 26.4 Å². The standard InChI is InChI=1S/C13H24N4S2.HI/c1-5-11-9-16-12(19-11)6-7-15-13(14-3)17-8-10(2)18-4;/h9-10H,5-8H2,1-4H3,(H2,14,15,17);1H. The van der Waals surface area contributed by atoms with E-state index in [1.165, 1.54) is 9.88 Å². The minimum Gasteiger partial charge on any atom is -0.356 e. The molecule has 1 unspecified atom stereocenters. The number of thioether (sulfide) groups is 1. The molecule has 0 aliphatic heterocycles. The lowest BCUT2D eigenvalue weighted by atomic mass is 10.4. The summed E-state index contributed by atoms with van der Waals surface area (Å²) < 4.78 is 0. The first-order valence-corrected chi connectivity index (χ1v) is 8.70. The second kappa shape index (κ2) is 11.6. The maximum Gasteiger partial charge on any atom is 0.191 e. The molecule has 4 nitrogen and oxygen atoms in total. The summed E-state index contributed by atoms with van der Waals surface area (Å²) in [6, 6.07) is 0. The highest BCUT2D eigenvalue weighted by Crippen LogP contribution is 2.13. The van der Waals surface area contributed by atoms with Crippen LogP contribution >= 0.6 is 47.1 Å². The normalized spacial score (nSPS) is 12.7. The largest absolute Gasteiger partial charge is 0.356 e. The second-order valence-corrected chi connectivity index (χ2v) is 6.73. The highest BCUT2D eigenvalue weighted by molar-refractivity contribution is 14.0. The molecule has 0 amide bonds. The lowest BCUT2D eigenvalue weighted by molar-refractivity contribution is 0.779. The van der Waals surface area contributed by atoms with Crippen molar-refractivity contribution in [2.45, 2.75) is 31.9 Å². The Morgan fingerprint density at radius 3 is 2.80 bits per heavy atom. The number of nitrogens with zero attached hydrogens (tertiary/aromatic N) is 2. The summed E-state index contributed by atoms with van der Waals surface area (Å²) in [5, 5.41) is 8.42. The Kier molecular flexibility index (Phi) is 11.6. The van der Waals surface area contributed by atoms with E-state index in [1.54, 1.807) is 18.4 Å². The molecule has 0 aliphatic rings. The van der Waals surface area contributed by atoms with Crippen LogP contribution in [0.5, 0.6) is 0 Å². The van der Waals surface area contributed by atoms with Gasteiger partial charge < -0.3 is 10.6 Å². The van der Waals surface area contributed by atoms with Gasteiger partial charge in [-0.05, 0) is 12.7 Å². The van der Waals surface area contributed by atoms with E-state index < -0.39 is 0 Å². The summed E-state index contributed by atoms with van der Waals surface area (Å²) in [4.78, 5) is 9.98. The maximum absolute atomic E-state index is 4.41. The third-order valence-electron chi connectivity index (χ3n) is 2.76. The first-order valence-electron chi connectivity index (χ1n) is 6.60. The molecule has 1 atom stereocenters. The van der Waals surface area contributed by atoms with E-state index in [0.29, 0.717) is 5.25 Å². The molecule has 0 bridgehead atoms. The highest BCUT2D eigenvalue weighted by atomic mass is 127. The maximum atomic E-state index is 4.41. The van der Waals surface area contributed by atoms with E-state index in [-0.39, 0.29) is 24.0 Å². The van der Waals surface area contributed by atoms with Gasteiger partial charge in [0.2, 0.25) is 0 Å². The zero-order valence-electron chi connectivity index (χ0n) is 12.6. The molecule has 0 spiro atoms. The highest BCUT2D eigenvalue weighted by Gasteiger charge is 2.03. The van der Waals surface area contributed by atoms with Gasteiger partial charge in [0.25, 0.3) is 0 Å². The summed E-state index contributed by atoms with van der Waals surface area (Å²) in [5.41, 5.74) is 0. The van der Waals surface area contributed by atoms with E-state index in [1.807, 2.05) is 18.0 Å². The molecule has 0 saturated heterocycles. The van der Waals surface area contributed by atoms with Crippen LogP contribution in [-0.2, 0) is 12.8 Å². The van der Waals surface area contributed by atoms with Gasteiger partial charge in [-0.25, -0.2) is 4.98 Å². The zero-order valence-corrected chi connectivity index (χ0v) is 16.6. The molecule has 0 radical (unpaired) electrons. The summed E-state index contributed by atoms with van der Waals surface area (Å²) in [5.74, 6) is 0.869. The van der Waals surface area contributed by atoms with E-state index >= 15 is 0 Å². The van der Waals surface area contributed by atoms with Crippen LogP contribution in [0.15, 0.2) is 11.2 Å². The number of aliphatic imine (C=N–C) groups is 1. The lowest BCUT2D eigenvalue weighted by Gasteiger charge is -2.14. The average Bonchev–Trinajstić information content (AvgIpc) is 2.90. The molecule has 20 heavy (non-hydrogen) atoms. The topological polar surface area (TPSA) is 49.3 Å². The predicted octanol–water partition coefficient (Wildman–Crippen LogP) is 2.78. The molecule has 1 heterocycles. The van der Waals surface area contributed by atoms with Crippen molar-refractivity contribution < 1.29 is 0 Å². The number of hydrogen-bond acceptors (Lipinski definition) is 4. The molecule has 0 aliphatic carbocycles. The number of aryl methyl sites for hydroxylation is 1. The van der Waals surface area contributed by atoms with E-state index in [0.717, 1.165) is 31.9 Å². The molecular weight excluding hydrogens is 403 g/mol. The van der Waals surface area contributed by atoms with Gasteiger partial charge in [-0.1, -0.05) is 13.8 Å². The summed E-state index contributed by atoms with van der Waals surface area (Å²) in [7, 11) is 1.80. The Hall–Kier alpha value is -0.0200. The Labute approximate surface area is 147 Å². The van der Waals surface area contributed by atoms with Gasteiger partial charge in [-0.2, -0.15) is 11.8 Å². The van der Waals surface area contributed by atoms with Crippen LogP contribution < -0.4 is 10.6 Å². The molecule has 0 fully saturated rings. The molecule has 7 heteroatoms. The molecule has 1 aromatic heterocycles. The first-order chi connectivity index (χ1) is 9.19. The monoisotopic (exact) mass is 428 g/mol. The van der Waals surface area contributed by atoms with Crippen molar-refractivity contribution in [3.8, 4) is 0 Å². The number of guanidine groups is 1. The van der Waals surface area contributed by atoms with E-state index in [2.05, 4.69) is 40.7 Å². The van der Waals surface area contributed by atoms with E-state index in [9.17, 15) is 0 Å². The van der Waals surface area contributed by atoms with Crippen LogP contribution in [0.4, 0.5) is 0 Å². The van der Waals surface area contributed by atoms with Crippen LogP contribution in [0.25, 0.3) is 0 Å². The Morgan fingerprint density at radius 2 is 2.25 bits per heavy atom. The van der Waals surface area contributed by atoms with Crippen molar-refractivity contribution in [1.82, 2.24) is 15.6 Å². The molecule has 2 N–H and O–H groups in total. The van der Waals surface area contributed by atoms with Crippen LogP contribution in [0, 0.1) is 0 Å². The van der Waals surface area contributed by atoms with Crippen LogP contribution in [0.1, 0.15) is 23.7 Å². The number of hydrogen-bond donors (Lipinski definition) is 2. The fraction of sp³-hybridized carbons (Fsp3) is 0.692. The first kappa shape index (κ1) is 20.0. The van der Waals surface area contributed by atoms with Gasteiger partial charge >= 0.3 is 0 Å². The van der Waals surface area contributed by atoms with Crippen molar-refractivity contribution >= 4 is 53.0 Å². The second-order valence-electron chi connectivity index (χ2n) is 4.25. The summed E-state index contributed by atoms with van der Waals surface area (Å²) in [6.45, 7) is 6.16. The quantitative estimate of drug-likeness (QED) is 0.399. The Bertz CT molecular complexity index is 395. The fourth-order valence-corrected chi connectivity index (χ4v) is 2.57. The molecule has 116 valence electrons. The van der Waals surface area contributed by atoms with Crippen LogP contribution in [-0.4, -0.2) is 42.6 Å². The van der Waals surface area contributed by atoms with Gasteiger partial charge in [-0.15, -0.1) is 35.3 Å². The summed E-state index contributed by atoms with van der Waals surface area (Å²) in [6.07, 6.45) is 6.12.